The number of nitro benzene ring substituents is 1. The molecule has 21 heavy (non-hydrogen) atoms. The van der Waals surface area contributed by atoms with Gasteiger partial charge in [0.2, 0.25) is 0 Å². The lowest BCUT2D eigenvalue weighted by atomic mass is 9.97. The molecule has 1 aliphatic rings. The first-order valence-electron chi connectivity index (χ1n) is 6.24. The lowest BCUT2D eigenvalue weighted by Gasteiger charge is -2.24. The smallest absolute Gasteiger partial charge is 0.330 e. The van der Waals surface area contributed by atoms with Crippen molar-refractivity contribution in [1.29, 1.82) is 0 Å². The zero-order valence-corrected chi connectivity index (χ0v) is 12.1. The number of nitro groups is 1. The maximum Gasteiger partial charge on any atom is 0.330 e. The number of nitrogens with one attached hydrogen (secondary N) is 1. The van der Waals surface area contributed by atoms with Gasteiger partial charge in [-0.15, -0.1) is 0 Å². The molecule has 1 heterocycles. The lowest BCUT2D eigenvalue weighted by Crippen LogP contribution is -2.54. The third kappa shape index (κ3) is 2.99. The number of carbonyl (C=O) groups excluding carboxylic acids is 1. The Hall–Kier alpha value is -2.09. The number of rotatable bonds is 4. The second kappa shape index (κ2) is 5.72. The van der Waals surface area contributed by atoms with Crippen LogP contribution in [0.3, 0.4) is 0 Å². The van der Waals surface area contributed by atoms with Gasteiger partial charge in [0.1, 0.15) is 5.54 Å². The molecule has 0 bridgehead atoms. The summed E-state index contributed by atoms with van der Waals surface area (Å²) in [5, 5.41) is 22.6. The molecule has 0 spiro atoms. The molecule has 0 saturated carbocycles. The van der Waals surface area contributed by atoms with Crippen molar-refractivity contribution in [3.05, 3.63) is 39.4 Å². The molecule has 0 aromatic heterocycles. The van der Waals surface area contributed by atoms with Gasteiger partial charge in [0.05, 0.1) is 4.92 Å². The van der Waals surface area contributed by atoms with Crippen LogP contribution in [0, 0.1) is 17.0 Å². The molecule has 1 aromatic carbocycles. The molecule has 1 amide bonds. The van der Waals surface area contributed by atoms with Gasteiger partial charge in [0, 0.05) is 23.4 Å². The molecule has 0 aliphatic carbocycles. The maximum atomic E-state index is 12.3. The number of carbonyl (C=O) groups is 2. The van der Waals surface area contributed by atoms with E-state index in [4.69, 9.17) is 0 Å². The number of carboxylic acids is 1. The molecule has 7 nitrogen and oxygen atoms in total. The summed E-state index contributed by atoms with van der Waals surface area (Å²) < 4.78 is 0. The highest BCUT2D eigenvalue weighted by atomic mass is 32.2. The molecule has 2 rings (SSSR count). The number of nitrogens with zero attached hydrogens (tertiary/aromatic N) is 1. The minimum atomic E-state index is -1.29. The van der Waals surface area contributed by atoms with Crippen LogP contribution in [0.15, 0.2) is 18.2 Å². The van der Waals surface area contributed by atoms with Gasteiger partial charge in [-0.05, 0) is 24.7 Å². The predicted octanol–water partition coefficient (Wildman–Crippen LogP) is 1.59. The molecule has 1 fully saturated rings. The van der Waals surface area contributed by atoms with Crippen LogP contribution in [0.1, 0.15) is 22.3 Å². The average molecular weight is 310 g/mol. The lowest BCUT2D eigenvalue weighted by molar-refractivity contribution is -0.384. The van der Waals surface area contributed by atoms with Gasteiger partial charge in [-0.3, -0.25) is 14.9 Å². The van der Waals surface area contributed by atoms with Gasteiger partial charge in [-0.1, -0.05) is 6.07 Å². The molecule has 112 valence electrons. The number of carboxylic acid groups (broad SMARTS) is 1. The standard InChI is InChI=1S/C13H14N2O5S/c1-8-2-3-9(15(19)20)6-10(8)11(16)14-13(12(17)18)4-5-21-7-13/h2-3,6H,4-5,7H2,1H3,(H,14,16)(H,17,18). The van der Waals surface area contributed by atoms with Crippen LogP contribution in [0.25, 0.3) is 0 Å². The number of benzene rings is 1. The number of aliphatic carboxylic acids is 1. The third-order valence-electron chi connectivity index (χ3n) is 3.46. The van der Waals surface area contributed by atoms with E-state index >= 15 is 0 Å². The van der Waals surface area contributed by atoms with Crippen LogP contribution in [0.2, 0.25) is 0 Å². The number of thioether (sulfide) groups is 1. The van der Waals surface area contributed by atoms with E-state index < -0.39 is 22.3 Å². The van der Waals surface area contributed by atoms with Gasteiger partial charge >= 0.3 is 5.97 Å². The summed E-state index contributed by atoms with van der Waals surface area (Å²) in [5.74, 6) is -0.729. The molecular weight excluding hydrogens is 296 g/mol. The largest absolute Gasteiger partial charge is 0.479 e. The molecule has 1 aromatic rings. The van der Waals surface area contributed by atoms with Crippen molar-refractivity contribution in [3.8, 4) is 0 Å². The second-order valence-corrected chi connectivity index (χ2v) is 6.01. The summed E-state index contributed by atoms with van der Waals surface area (Å²) in [5.41, 5.74) is -0.805. The Balaban J connectivity index is 2.30. The first-order valence-corrected chi connectivity index (χ1v) is 7.40. The molecule has 8 heteroatoms. The highest BCUT2D eigenvalue weighted by Gasteiger charge is 2.43. The van der Waals surface area contributed by atoms with Crippen molar-refractivity contribution in [1.82, 2.24) is 5.32 Å². The fraction of sp³-hybridized carbons (Fsp3) is 0.385. The van der Waals surface area contributed by atoms with Crippen molar-refractivity contribution in [2.45, 2.75) is 18.9 Å². The quantitative estimate of drug-likeness (QED) is 0.645. The van der Waals surface area contributed by atoms with E-state index in [1.165, 1.54) is 30.0 Å². The molecule has 2 N–H and O–H groups in total. The van der Waals surface area contributed by atoms with Crippen molar-refractivity contribution >= 4 is 29.3 Å². The van der Waals surface area contributed by atoms with Crippen LogP contribution >= 0.6 is 11.8 Å². The van der Waals surface area contributed by atoms with E-state index in [0.29, 0.717) is 23.5 Å². The number of hydrogen-bond acceptors (Lipinski definition) is 5. The van der Waals surface area contributed by atoms with Gasteiger partial charge in [0.25, 0.3) is 11.6 Å². The Morgan fingerprint density at radius 2 is 2.19 bits per heavy atom. The Morgan fingerprint density at radius 3 is 2.71 bits per heavy atom. The summed E-state index contributed by atoms with van der Waals surface area (Å²) in [7, 11) is 0. The van der Waals surface area contributed by atoms with Crippen LogP contribution in [0.5, 0.6) is 0 Å². The molecule has 1 unspecified atom stereocenters. The normalized spacial score (nSPS) is 21.0. The Morgan fingerprint density at radius 1 is 1.48 bits per heavy atom. The maximum absolute atomic E-state index is 12.3. The van der Waals surface area contributed by atoms with Crippen molar-refractivity contribution < 1.29 is 19.6 Å². The van der Waals surface area contributed by atoms with E-state index in [1.54, 1.807) is 6.92 Å². The summed E-state index contributed by atoms with van der Waals surface area (Å²) in [6.07, 6.45) is 0.340. The zero-order chi connectivity index (χ0) is 15.6. The summed E-state index contributed by atoms with van der Waals surface area (Å²) in [6, 6.07) is 3.96. The molecular formula is C13H14N2O5S. The predicted molar refractivity (Wildman–Crippen MR) is 77.6 cm³/mol. The van der Waals surface area contributed by atoms with Crippen molar-refractivity contribution in [2.24, 2.45) is 0 Å². The van der Waals surface area contributed by atoms with E-state index in [0.717, 1.165) is 0 Å². The zero-order valence-electron chi connectivity index (χ0n) is 11.3. The monoisotopic (exact) mass is 310 g/mol. The second-order valence-electron chi connectivity index (χ2n) is 4.90. The Kier molecular flexibility index (Phi) is 4.17. The first kappa shape index (κ1) is 15.3. The van der Waals surface area contributed by atoms with Crippen molar-refractivity contribution in [3.63, 3.8) is 0 Å². The van der Waals surface area contributed by atoms with Crippen LogP contribution < -0.4 is 5.32 Å². The topological polar surface area (TPSA) is 110 Å². The van der Waals surface area contributed by atoms with Gasteiger partial charge in [-0.2, -0.15) is 11.8 Å². The van der Waals surface area contributed by atoms with Crippen LogP contribution in [-0.4, -0.2) is 39.0 Å². The van der Waals surface area contributed by atoms with Crippen molar-refractivity contribution in [2.75, 3.05) is 11.5 Å². The Labute approximate surface area is 124 Å². The number of hydrogen-bond donors (Lipinski definition) is 2. The number of aryl methyl sites for hydroxylation is 1. The van der Waals surface area contributed by atoms with Crippen LogP contribution in [-0.2, 0) is 4.79 Å². The third-order valence-corrected chi connectivity index (χ3v) is 4.65. The molecule has 1 aliphatic heterocycles. The number of amides is 1. The van der Waals surface area contributed by atoms with E-state index in [1.807, 2.05) is 0 Å². The highest BCUT2D eigenvalue weighted by Crippen LogP contribution is 2.29. The molecule has 1 atom stereocenters. The van der Waals surface area contributed by atoms with Gasteiger partial charge in [-0.25, -0.2) is 4.79 Å². The minimum Gasteiger partial charge on any atom is -0.479 e. The Bertz CT molecular complexity index is 611. The SMILES string of the molecule is Cc1ccc([N+](=O)[O-])cc1C(=O)NC1(C(=O)O)CCSC1. The average Bonchev–Trinajstić information content (AvgIpc) is 2.88. The summed E-state index contributed by atoms with van der Waals surface area (Å²) in [4.78, 5) is 33.9. The van der Waals surface area contributed by atoms with Gasteiger partial charge < -0.3 is 10.4 Å². The highest BCUT2D eigenvalue weighted by molar-refractivity contribution is 7.99. The summed E-state index contributed by atoms with van der Waals surface area (Å²) >= 11 is 1.45. The fourth-order valence-electron chi connectivity index (χ4n) is 2.14. The fourth-order valence-corrected chi connectivity index (χ4v) is 3.46. The van der Waals surface area contributed by atoms with E-state index in [9.17, 15) is 24.8 Å². The summed E-state index contributed by atoms with van der Waals surface area (Å²) in [6.45, 7) is 1.65. The van der Waals surface area contributed by atoms with E-state index in [2.05, 4.69) is 5.32 Å². The minimum absolute atomic E-state index is 0.127. The van der Waals surface area contributed by atoms with Crippen LogP contribution in [0.4, 0.5) is 5.69 Å². The molecule has 1 saturated heterocycles. The van der Waals surface area contributed by atoms with E-state index in [-0.39, 0.29) is 11.3 Å². The number of non-ortho nitro benzene ring substituents is 1. The van der Waals surface area contributed by atoms with Gasteiger partial charge in [0.15, 0.2) is 0 Å². The molecule has 0 radical (unpaired) electrons. The first-order chi connectivity index (χ1) is 9.85.